The highest BCUT2D eigenvalue weighted by molar-refractivity contribution is 6.06. The lowest BCUT2D eigenvalue weighted by molar-refractivity contribution is -0.274. The molecule has 3 aromatic rings. The maximum atomic E-state index is 13.0. The molecule has 1 aromatic heterocycles. The average molecular weight is 387 g/mol. The highest BCUT2D eigenvalue weighted by Crippen LogP contribution is 2.33. The lowest BCUT2D eigenvalue weighted by Gasteiger charge is -2.29. The molecule has 0 atom stereocenters. The first kappa shape index (κ1) is 18.1. The summed E-state index contributed by atoms with van der Waals surface area (Å²) in [6, 6.07) is 13.5. The van der Waals surface area contributed by atoms with E-state index in [-0.39, 0.29) is 11.7 Å². The Labute approximate surface area is 159 Å². The highest BCUT2D eigenvalue weighted by Gasteiger charge is 2.32. The molecule has 0 bridgehead atoms. The van der Waals surface area contributed by atoms with Crippen LogP contribution in [0.3, 0.4) is 0 Å². The number of aryl methyl sites for hydroxylation is 1. The normalized spacial score (nSPS) is 13.9. The molecule has 0 radical (unpaired) electrons. The molecule has 0 spiro atoms. The summed E-state index contributed by atoms with van der Waals surface area (Å²) in [7, 11) is 0. The number of hydrogen-bond acceptors (Lipinski definition) is 3. The van der Waals surface area contributed by atoms with E-state index >= 15 is 0 Å². The number of carbonyl (C=O) groups is 1. The fourth-order valence-electron chi connectivity index (χ4n) is 3.29. The highest BCUT2D eigenvalue weighted by atomic mass is 19.4. The van der Waals surface area contributed by atoms with E-state index in [9.17, 15) is 18.0 Å². The van der Waals surface area contributed by atoms with Gasteiger partial charge in [-0.2, -0.15) is 5.10 Å². The van der Waals surface area contributed by atoms with E-state index in [1.165, 1.54) is 24.4 Å². The van der Waals surface area contributed by atoms with E-state index in [4.69, 9.17) is 0 Å². The number of anilines is 1. The summed E-state index contributed by atoms with van der Waals surface area (Å²) >= 11 is 0. The molecule has 1 amide bonds. The smallest absolute Gasteiger partial charge is 0.406 e. The number of aromatic nitrogens is 2. The van der Waals surface area contributed by atoms with Crippen molar-refractivity contribution >= 4 is 11.6 Å². The van der Waals surface area contributed by atoms with Crippen molar-refractivity contribution in [2.24, 2.45) is 0 Å². The monoisotopic (exact) mass is 387 g/mol. The van der Waals surface area contributed by atoms with Gasteiger partial charge in [0.05, 0.1) is 17.4 Å². The summed E-state index contributed by atoms with van der Waals surface area (Å²) in [6.07, 6.45) is -0.374. The van der Waals surface area contributed by atoms with Crippen LogP contribution in [0.2, 0.25) is 0 Å². The predicted molar refractivity (Wildman–Crippen MR) is 96.7 cm³/mol. The van der Waals surface area contributed by atoms with Gasteiger partial charge in [-0.15, -0.1) is 13.2 Å². The van der Waals surface area contributed by atoms with Gasteiger partial charge in [0, 0.05) is 18.4 Å². The Kier molecular flexibility index (Phi) is 4.54. The number of rotatable bonds is 3. The zero-order valence-corrected chi connectivity index (χ0v) is 14.7. The summed E-state index contributed by atoms with van der Waals surface area (Å²) < 4.78 is 42.9. The minimum Gasteiger partial charge on any atom is -0.406 e. The first-order valence-electron chi connectivity index (χ1n) is 8.71. The number of halogens is 3. The molecule has 1 aliphatic rings. The van der Waals surface area contributed by atoms with Crippen LogP contribution in [0.4, 0.5) is 18.9 Å². The molecular weight excluding hydrogens is 371 g/mol. The minimum absolute atomic E-state index is 0.243. The Morgan fingerprint density at radius 2 is 1.89 bits per heavy atom. The van der Waals surface area contributed by atoms with Crippen LogP contribution in [0.1, 0.15) is 22.3 Å². The van der Waals surface area contributed by atoms with Gasteiger partial charge in [-0.05, 0) is 48.7 Å². The van der Waals surface area contributed by atoms with Crippen molar-refractivity contribution in [3.05, 3.63) is 72.1 Å². The topological polar surface area (TPSA) is 47.4 Å². The molecular formula is C20H16F3N3O2. The number of benzene rings is 2. The van der Waals surface area contributed by atoms with Crippen molar-refractivity contribution in [2.75, 3.05) is 11.4 Å². The lowest BCUT2D eigenvalue weighted by atomic mass is 10.0. The van der Waals surface area contributed by atoms with Gasteiger partial charge in [-0.1, -0.05) is 18.2 Å². The van der Waals surface area contributed by atoms with Gasteiger partial charge in [0.1, 0.15) is 5.75 Å². The maximum absolute atomic E-state index is 13.0. The molecule has 0 fully saturated rings. The van der Waals surface area contributed by atoms with Gasteiger partial charge < -0.3 is 9.64 Å². The average Bonchev–Trinajstić information content (AvgIpc) is 3.16. The molecule has 0 unspecified atom stereocenters. The number of hydrogen-bond donors (Lipinski definition) is 0. The molecule has 2 aromatic carbocycles. The fraction of sp³-hybridized carbons (Fsp3) is 0.200. The van der Waals surface area contributed by atoms with Crippen LogP contribution in [0.5, 0.6) is 5.75 Å². The second-order valence-corrected chi connectivity index (χ2v) is 6.41. The van der Waals surface area contributed by atoms with Crippen molar-refractivity contribution in [1.82, 2.24) is 9.78 Å². The number of fused-ring (bicyclic) bond motifs is 1. The third kappa shape index (κ3) is 3.71. The summed E-state index contributed by atoms with van der Waals surface area (Å²) in [4.78, 5) is 14.6. The van der Waals surface area contributed by atoms with Crippen molar-refractivity contribution in [2.45, 2.75) is 19.2 Å². The summed E-state index contributed by atoms with van der Waals surface area (Å²) in [5.41, 5.74) is 2.48. The number of carbonyl (C=O) groups excluding carboxylic acids is 1. The molecule has 8 heteroatoms. The van der Waals surface area contributed by atoms with Crippen molar-refractivity contribution in [3.63, 3.8) is 0 Å². The molecule has 0 saturated carbocycles. The zero-order chi connectivity index (χ0) is 19.7. The quantitative estimate of drug-likeness (QED) is 0.671. The van der Waals surface area contributed by atoms with Crippen LogP contribution in [0, 0.1) is 0 Å². The Hall–Kier alpha value is -3.29. The van der Waals surface area contributed by atoms with E-state index in [1.54, 1.807) is 15.8 Å². The first-order valence-corrected chi connectivity index (χ1v) is 8.71. The molecule has 0 N–H and O–H groups in total. The number of para-hydroxylation sites is 1. The van der Waals surface area contributed by atoms with Gasteiger partial charge in [-0.25, -0.2) is 4.68 Å². The van der Waals surface area contributed by atoms with E-state index in [0.717, 1.165) is 5.69 Å². The maximum Gasteiger partial charge on any atom is 0.573 e. The van der Waals surface area contributed by atoms with Crippen molar-refractivity contribution in [1.29, 1.82) is 0 Å². The van der Waals surface area contributed by atoms with E-state index < -0.39 is 6.36 Å². The molecule has 1 aliphatic heterocycles. The van der Waals surface area contributed by atoms with E-state index in [2.05, 4.69) is 9.84 Å². The second-order valence-electron chi connectivity index (χ2n) is 6.41. The van der Waals surface area contributed by atoms with Crippen molar-refractivity contribution < 1.29 is 22.7 Å². The number of alkyl halides is 3. The number of amides is 1. The minimum atomic E-state index is -4.75. The lowest BCUT2D eigenvalue weighted by Crippen LogP contribution is -2.35. The van der Waals surface area contributed by atoms with Gasteiger partial charge in [0.2, 0.25) is 0 Å². The van der Waals surface area contributed by atoms with Crippen LogP contribution in [-0.2, 0) is 6.42 Å². The van der Waals surface area contributed by atoms with Gasteiger partial charge in [0.25, 0.3) is 5.91 Å². The largest absolute Gasteiger partial charge is 0.573 e. The second kappa shape index (κ2) is 7.03. The van der Waals surface area contributed by atoms with E-state index in [0.29, 0.717) is 36.2 Å². The molecule has 2 heterocycles. The van der Waals surface area contributed by atoms with Crippen LogP contribution < -0.4 is 9.64 Å². The molecule has 0 aliphatic carbocycles. The van der Waals surface area contributed by atoms with Crippen LogP contribution in [0.25, 0.3) is 5.69 Å². The first-order chi connectivity index (χ1) is 13.4. The summed E-state index contributed by atoms with van der Waals surface area (Å²) in [6.45, 7) is 0.488. The zero-order valence-electron chi connectivity index (χ0n) is 14.7. The molecule has 28 heavy (non-hydrogen) atoms. The Balaban J connectivity index is 1.59. The van der Waals surface area contributed by atoms with Gasteiger partial charge in [0.15, 0.2) is 0 Å². The Bertz CT molecular complexity index is 999. The number of ether oxygens (including phenoxy) is 1. The summed E-state index contributed by atoms with van der Waals surface area (Å²) in [5.74, 6) is -0.523. The molecule has 5 nitrogen and oxygen atoms in total. The molecule has 144 valence electrons. The third-order valence-corrected chi connectivity index (χ3v) is 4.50. The van der Waals surface area contributed by atoms with Crippen LogP contribution in [-0.4, -0.2) is 28.6 Å². The van der Waals surface area contributed by atoms with Crippen LogP contribution >= 0.6 is 0 Å². The Morgan fingerprint density at radius 3 is 2.64 bits per heavy atom. The molecule has 0 saturated heterocycles. The van der Waals surface area contributed by atoms with Gasteiger partial charge >= 0.3 is 6.36 Å². The van der Waals surface area contributed by atoms with Crippen molar-refractivity contribution in [3.8, 4) is 11.4 Å². The summed E-state index contributed by atoms with van der Waals surface area (Å²) in [5, 5.41) is 4.24. The Morgan fingerprint density at radius 1 is 1.11 bits per heavy atom. The predicted octanol–water partition coefficient (Wildman–Crippen LogP) is 4.36. The molecule has 4 rings (SSSR count). The van der Waals surface area contributed by atoms with E-state index in [1.807, 2.05) is 30.3 Å². The standard InChI is InChI=1S/C20H16F3N3O2/c21-20(22,23)28-17-8-9-18-14(11-17)5-4-10-25(18)19(27)15-12-24-26(13-15)16-6-2-1-3-7-16/h1-3,6-9,11-13H,4-5,10H2. The van der Waals surface area contributed by atoms with Gasteiger partial charge in [-0.3, -0.25) is 4.79 Å². The van der Waals surface area contributed by atoms with Crippen LogP contribution in [0.15, 0.2) is 60.9 Å². The number of nitrogens with zero attached hydrogens (tertiary/aromatic N) is 3. The SMILES string of the molecule is O=C(c1cnn(-c2ccccc2)c1)N1CCCc2cc(OC(F)(F)F)ccc21. The third-order valence-electron chi connectivity index (χ3n) is 4.50. The fourth-order valence-corrected chi connectivity index (χ4v) is 3.29.